The van der Waals surface area contributed by atoms with Crippen LogP contribution in [0.15, 0.2) is 10.5 Å². The van der Waals surface area contributed by atoms with Crippen LogP contribution in [-0.4, -0.2) is 11.9 Å². The van der Waals surface area contributed by atoms with Crippen molar-refractivity contribution in [3.05, 3.63) is 23.2 Å². The standard InChI is InChI=1S/C12H16ClNO2/c1-7(9-3-4-9)14-12(15)11-5-10(6-13)8(2)16-11/h5,7,9H,3-4,6H2,1-2H3,(H,14,15). The molecule has 1 atom stereocenters. The SMILES string of the molecule is Cc1oc(C(=O)NC(C)C2CC2)cc1CCl. The van der Waals surface area contributed by atoms with Gasteiger partial charge in [-0.25, -0.2) is 0 Å². The molecule has 0 aromatic carbocycles. The van der Waals surface area contributed by atoms with Crippen LogP contribution in [0.4, 0.5) is 0 Å². The monoisotopic (exact) mass is 241 g/mol. The number of amides is 1. The summed E-state index contributed by atoms with van der Waals surface area (Å²) >= 11 is 5.72. The van der Waals surface area contributed by atoms with Crippen LogP contribution < -0.4 is 5.32 Å². The zero-order chi connectivity index (χ0) is 11.7. The van der Waals surface area contributed by atoms with Crippen molar-refractivity contribution >= 4 is 17.5 Å². The van der Waals surface area contributed by atoms with Crippen molar-refractivity contribution < 1.29 is 9.21 Å². The second kappa shape index (κ2) is 4.50. The molecule has 0 spiro atoms. The van der Waals surface area contributed by atoms with Crippen LogP contribution >= 0.6 is 11.6 Å². The quantitative estimate of drug-likeness (QED) is 0.824. The minimum atomic E-state index is -0.140. The van der Waals surface area contributed by atoms with Crippen LogP contribution in [-0.2, 0) is 5.88 Å². The van der Waals surface area contributed by atoms with Gasteiger partial charge in [0.25, 0.3) is 5.91 Å². The second-order valence-corrected chi connectivity index (χ2v) is 4.69. The molecule has 3 nitrogen and oxygen atoms in total. The van der Waals surface area contributed by atoms with Gasteiger partial charge in [0.15, 0.2) is 5.76 Å². The lowest BCUT2D eigenvalue weighted by Gasteiger charge is -2.10. The van der Waals surface area contributed by atoms with E-state index in [2.05, 4.69) is 5.32 Å². The summed E-state index contributed by atoms with van der Waals surface area (Å²) in [6.07, 6.45) is 2.43. The van der Waals surface area contributed by atoms with Crippen molar-refractivity contribution in [1.82, 2.24) is 5.32 Å². The summed E-state index contributed by atoms with van der Waals surface area (Å²) in [5.74, 6) is 1.96. The number of carbonyl (C=O) groups excluding carboxylic acids is 1. The molecule has 1 N–H and O–H groups in total. The van der Waals surface area contributed by atoms with Crippen molar-refractivity contribution in [2.45, 2.75) is 38.6 Å². The normalized spacial score (nSPS) is 17.2. The highest BCUT2D eigenvalue weighted by atomic mass is 35.5. The van der Waals surface area contributed by atoms with E-state index >= 15 is 0 Å². The summed E-state index contributed by atoms with van der Waals surface area (Å²) in [4.78, 5) is 11.8. The van der Waals surface area contributed by atoms with Gasteiger partial charge in [0.1, 0.15) is 5.76 Å². The first kappa shape index (κ1) is 11.5. The molecule has 1 saturated carbocycles. The Balaban J connectivity index is 2.02. The Labute approximate surface area is 100 Å². The number of rotatable bonds is 4. The average molecular weight is 242 g/mol. The van der Waals surface area contributed by atoms with Crippen molar-refractivity contribution in [3.63, 3.8) is 0 Å². The molecule has 88 valence electrons. The minimum absolute atomic E-state index is 0.140. The molecule has 0 radical (unpaired) electrons. The van der Waals surface area contributed by atoms with Gasteiger partial charge in [-0.3, -0.25) is 4.79 Å². The molecule has 1 amide bonds. The third-order valence-electron chi connectivity index (χ3n) is 3.08. The molecule has 4 heteroatoms. The van der Waals surface area contributed by atoms with E-state index in [1.807, 2.05) is 13.8 Å². The van der Waals surface area contributed by atoms with Gasteiger partial charge >= 0.3 is 0 Å². The Bertz CT molecular complexity index is 396. The molecule has 16 heavy (non-hydrogen) atoms. The second-order valence-electron chi connectivity index (χ2n) is 4.43. The fourth-order valence-corrected chi connectivity index (χ4v) is 2.02. The molecule has 1 heterocycles. The van der Waals surface area contributed by atoms with Gasteiger partial charge in [-0.15, -0.1) is 11.6 Å². The Morgan fingerprint density at radius 1 is 1.69 bits per heavy atom. The number of furan rings is 1. The zero-order valence-corrected chi connectivity index (χ0v) is 10.3. The van der Waals surface area contributed by atoms with E-state index in [0.29, 0.717) is 17.6 Å². The highest BCUT2D eigenvalue weighted by Crippen LogP contribution is 2.32. The van der Waals surface area contributed by atoms with E-state index in [4.69, 9.17) is 16.0 Å². The molecule has 1 aromatic rings. The Hall–Kier alpha value is -0.960. The number of halogens is 1. The number of aryl methyl sites for hydroxylation is 1. The Morgan fingerprint density at radius 2 is 2.38 bits per heavy atom. The molecule has 1 aliphatic carbocycles. The molecular formula is C12H16ClNO2. The third-order valence-corrected chi connectivity index (χ3v) is 3.36. The van der Waals surface area contributed by atoms with Gasteiger partial charge in [0.2, 0.25) is 0 Å². The molecule has 1 fully saturated rings. The van der Waals surface area contributed by atoms with Gasteiger partial charge in [-0.2, -0.15) is 0 Å². The van der Waals surface area contributed by atoms with Crippen LogP contribution in [0.5, 0.6) is 0 Å². The highest BCUT2D eigenvalue weighted by Gasteiger charge is 2.29. The molecule has 0 bridgehead atoms. The predicted octanol–water partition coefficient (Wildman–Crippen LogP) is 2.86. The van der Waals surface area contributed by atoms with Crippen LogP contribution in [0.2, 0.25) is 0 Å². The molecule has 1 aromatic heterocycles. The number of hydrogen-bond donors (Lipinski definition) is 1. The van der Waals surface area contributed by atoms with E-state index in [9.17, 15) is 4.79 Å². The first-order chi connectivity index (χ1) is 7.61. The Morgan fingerprint density at radius 3 is 2.88 bits per heavy atom. The summed E-state index contributed by atoms with van der Waals surface area (Å²) < 4.78 is 5.37. The van der Waals surface area contributed by atoms with Crippen LogP contribution in [0.3, 0.4) is 0 Å². The maximum atomic E-state index is 11.8. The molecule has 2 rings (SSSR count). The molecule has 1 aliphatic rings. The van der Waals surface area contributed by atoms with E-state index in [0.717, 1.165) is 11.3 Å². The van der Waals surface area contributed by atoms with Crippen LogP contribution in [0.25, 0.3) is 0 Å². The lowest BCUT2D eigenvalue weighted by atomic mass is 10.2. The van der Waals surface area contributed by atoms with Gasteiger partial charge in [-0.05, 0) is 38.7 Å². The van der Waals surface area contributed by atoms with Crippen molar-refractivity contribution in [1.29, 1.82) is 0 Å². The summed E-state index contributed by atoms with van der Waals surface area (Å²) in [6, 6.07) is 1.95. The van der Waals surface area contributed by atoms with Crippen molar-refractivity contribution in [2.75, 3.05) is 0 Å². The Kier molecular flexibility index (Phi) is 3.24. The van der Waals surface area contributed by atoms with Gasteiger partial charge < -0.3 is 9.73 Å². The van der Waals surface area contributed by atoms with Gasteiger partial charge in [-0.1, -0.05) is 0 Å². The van der Waals surface area contributed by atoms with E-state index in [-0.39, 0.29) is 11.9 Å². The van der Waals surface area contributed by atoms with Crippen LogP contribution in [0, 0.1) is 12.8 Å². The van der Waals surface area contributed by atoms with Crippen molar-refractivity contribution in [2.24, 2.45) is 5.92 Å². The largest absolute Gasteiger partial charge is 0.456 e. The van der Waals surface area contributed by atoms with E-state index in [1.54, 1.807) is 6.07 Å². The maximum absolute atomic E-state index is 11.8. The first-order valence-electron chi connectivity index (χ1n) is 5.58. The summed E-state index contributed by atoms with van der Waals surface area (Å²) in [5, 5.41) is 2.95. The number of hydrogen-bond acceptors (Lipinski definition) is 2. The van der Waals surface area contributed by atoms with Crippen LogP contribution in [0.1, 0.15) is 41.6 Å². The maximum Gasteiger partial charge on any atom is 0.287 e. The number of alkyl halides is 1. The fraction of sp³-hybridized carbons (Fsp3) is 0.583. The van der Waals surface area contributed by atoms with E-state index < -0.39 is 0 Å². The lowest BCUT2D eigenvalue weighted by molar-refractivity contribution is 0.0906. The molecule has 0 aliphatic heterocycles. The average Bonchev–Trinajstić information content (AvgIpc) is 3.02. The summed E-state index contributed by atoms with van der Waals surface area (Å²) in [7, 11) is 0. The number of nitrogens with one attached hydrogen (secondary N) is 1. The smallest absolute Gasteiger partial charge is 0.287 e. The minimum Gasteiger partial charge on any atom is -0.456 e. The molecule has 1 unspecified atom stereocenters. The zero-order valence-electron chi connectivity index (χ0n) is 9.55. The topological polar surface area (TPSA) is 42.2 Å². The first-order valence-corrected chi connectivity index (χ1v) is 6.11. The summed E-state index contributed by atoms with van der Waals surface area (Å²) in [5.41, 5.74) is 0.880. The molecule has 0 saturated heterocycles. The fourth-order valence-electron chi connectivity index (χ4n) is 1.76. The summed E-state index contributed by atoms with van der Waals surface area (Å²) in [6.45, 7) is 3.85. The third kappa shape index (κ3) is 2.40. The van der Waals surface area contributed by atoms with Gasteiger partial charge in [0.05, 0.1) is 5.88 Å². The van der Waals surface area contributed by atoms with Gasteiger partial charge in [0, 0.05) is 11.6 Å². The number of carbonyl (C=O) groups is 1. The van der Waals surface area contributed by atoms with Crippen molar-refractivity contribution in [3.8, 4) is 0 Å². The highest BCUT2D eigenvalue weighted by molar-refractivity contribution is 6.17. The van der Waals surface area contributed by atoms with E-state index in [1.165, 1.54) is 12.8 Å². The lowest BCUT2D eigenvalue weighted by Crippen LogP contribution is -2.33. The molecular weight excluding hydrogens is 226 g/mol. The predicted molar refractivity (Wildman–Crippen MR) is 62.7 cm³/mol.